The number of halogens is 1. The summed E-state index contributed by atoms with van der Waals surface area (Å²) in [5.74, 6) is 0. The molecule has 0 saturated heterocycles. The minimum absolute atomic E-state index is 0.481. The van der Waals surface area contributed by atoms with Gasteiger partial charge in [-0.05, 0) is 61.1 Å². The molecule has 1 atom stereocenters. The van der Waals surface area contributed by atoms with Crippen molar-refractivity contribution in [3.8, 4) is 11.8 Å². The summed E-state index contributed by atoms with van der Waals surface area (Å²) in [6.45, 7) is 3.95. The Hall–Kier alpha value is -2.61. The molecule has 0 spiro atoms. The second-order valence-electron chi connectivity index (χ2n) is 7.73. The fourth-order valence-electron chi connectivity index (χ4n) is 4.68. The number of nitrogens with zero attached hydrogens (tertiary/aromatic N) is 4. The number of rotatable bonds is 2. The third-order valence-electron chi connectivity index (χ3n) is 6.20. The van der Waals surface area contributed by atoms with Crippen LogP contribution in [0.15, 0.2) is 42.5 Å². The number of hydrogen-bond donors (Lipinski definition) is 0. The number of aryl methyl sites for hydroxylation is 1. The van der Waals surface area contributed by atoms with Gasteiger partial charge in [-0.3, -0.25) is 4.90 Å². The number of benzene rings is 2. The molecule has 2 heterocycles. The first-order chi connectivity index (χ1) is 13.7. The molecule has 2 aromatic carbocycles. The number of para-hydroxylation sites is 1. The van der Waals surface area contributed by atoms with Crippen molar-refractivity contribution in [1.29, 1.82) is 5.26 Å². The van der Waals surface area contributed by atoms with Crippen LogP contribution in [0, 0.1) is 18.3 Å². The van der Waals surface area contributed by atoms with Crippen molar-refractivity contribution in [3.05, 3.63) is 81.1 Å². The van der Waals surface area contributed by atoms with Gasteiger partial charge in [-0.15, -0.1) is 0 Å². The van der Waals surface area contributed by atoms with Gasteiger partial charge in [0.25, 0.3) is 0 Å². The second-order valence-corrected chi connectivity index (χ2v) is 8.14. The van der Waals surface area contributed by atoms with E-state index in [0.29, 0.717) is 6.04 Å². The van der Waals surface area contributed by atoms with E-state index in [-0.39, 0.29) is 0 Å². The maximum atomic E-state index is 9.41. The van der Waals surface area contributed by atoms with Gasteiger partial charge in [0, 0.05) is 24.8 Å². The summed E-state index contributed by atoms with van der Waals surface area (Å²) in [6, 6.07) is 16.8. The number of aromatic nitrogens is 2. The standard InChI is InChI=1S/C23H21ClN4/c1-15-19-11-18(27-13-17-6-4-5-16(12-25)20(17)14-27)9-10-22(19)26-28(15)23-8-3-2-7-21(23)24/h2-8,18H,9-11,13-14H2,1H3. The highest BCUT2D eigenvalue weighted by Gasteiger charge is 2.32. The van der Waals surface area contributed by atoms with Crippen molar-refractivity contribution in [3.63, 3.8) is 0 Å². The van der Waals surface area contributed by atoms with Gasteiger partial charge in [0.05, 0.1) is 28.0 Å². The predicted octanol–water partition coefficient (Wildman–Crippen LogP) is 4.58. The van der Waals surface area contributed by atoms with Crippen LogP contribution in [0.5, 0.6) is 0 Å². The zero-order valence-electron chi connectivity index (χ0n) is 15.8. The molecule has 1 aliphatic heterocycles. The lowest BCUT2D eigenvalue weighted by Gasteiger charge is -2.30. The first kappa shape index (κ1) is 17.5. The maximum absolute atomic E-state index is 9.41. The van der Waals surface area contributed by atoms with Crippen LogP contribution in [0.2, 0.25) is 5.02 Å². The van der Waals surface area contributed by atoms with Gasteiger partial charge in [-0.25, -0.2) is 4.68 Å². The Morgan fingerprint density at radius 1 is 1.11 bits per heavy atom. The average molecular weight is 389 g/mol. The monoisotopic (exact) mass is 388 g/mol. The molecule has 5 rings (SSSR count). The quantitative estimate of drug-likeness (QED) is 0.645. The van der Waals surface area contributed by atoms with E-state index in [9.17, 15) is 5.26 Å². The van der Waals surface area contributed by atoms with Gasteiger partial charge < -0.3 is 0 Å². The SMILES string of the molecule is Cc1c2c(nn1-c1ccccc1Cl)CCC(N1Cc3cccc(C#N)c3C1)C2. The molecule has 1 unspecified atom stereocenters. The fraction of sp³-hybridized carbons (Fsp3) is 0.304. The van der Waals surface area contributed by atoms with Crippen LogP contribution in [0.25, 0.3) is 5.69 Å². The molecule has 3 aromatic rings. The van der Waals surface area contributed by atoms with Crippen LogP contribution in [-0.2, 0) is 25.9 Å². The minimum Gasteiger partial charge on any atom is -0.291 e. The Labute approximate surface area is 170 Å². The van der Waals surface area contributed by atoms with Crippen molar-refractivity contribution < 1.29 is 0 Å². The fourth-order valence-corrected chi connectivity index (χ4v) is 4.90. The van der Waals surface area contributed by atoms with Crippen LogP contribution in [0.1, 0.15) is 40.1 Å². The summed E-state index contributed by atoms with van der Waals surface area (Å²) in [5, 5.41) is 15.0. The number of fused-ring (bicyclic) bond motifs is 2. The lowest BCUT2D eigenvalue weighted by molar-refractivity contribution is 0.181. The van der Waals surface area contributed by atoms with E-state index in [4.69, 9.17) is 16.7 Å². The molecule has 2 aliphatic rings. The lowest BCUT2D eigenvalue weighted by Crippen LogP contribution is -2.35. The number of nitriles is 1. The Balaban J connectivity index is 1.43. The van der Waals surface area contributed by atoms with Crippen molar-refractivity contribution in [2.24, 2.45) is 0 Å². The zero-order chi connectivity index (χ0) is 19.3. The summed E-state index contributed by atoms with van der Waals surface area (Å²) in [6.07, 6.45) is 3.08. The Morgan fingerprint density at radius 2 is 1.96 bits per heavy atom. The van der Waals surface area contributed by atoms with Crippen LogP contribution in [0.3, 0.4) is 0 Å². The van der Waals surface area contributed by atoms with Gasteiger partial charge >= 0.3 is 0 Å². The van der Waals surface area contributed by atoms with Crippen LogP contribution < -0.4 is 0 Å². The van der Waals surface area contributed by atoms with E-state index in [1.54, 1.807) is 0 Å². The molecular formula is C23H21ClN4. The third-order valence-corrected chi connectivity index (χ3v) is 6.52. The van der Waals surface area contributed by atoms with E-state index >= 15 is 0 Å². The molecule has 140 valence electrons. The molecule has 0 fully saturated rings. The summed E-state index contributed by atoms with van der Waals surface area (Å²) >= 11 is 6.41. The molecule has 0 amide bonds. The molecule has 0 N–H and O–H groups in total. The molecule has 5 heteroatoms. The summed E-state index contributed by atoms with van der Waals surface area (Å²) in [7, 11) is 0. The molecule has 4 nitrogen and oxygen atoms in total. The van der Waals surface area contributed by atoms with Crippen LogP contribution >= 0.6 is 11.6 Å². The summed E-state index contributed by atoms with van der Waals surface area (Å²) in [5.41, 5.74) is 8.00. The van der Waals surface area contributed by atoms with Gasteiger partial charge in [0.15, 0.2) is 0 Å². The highest BCUT2D eigenvalue weighted by molar-refractivity contribution is 6.32. The predicted molar refractivity (Wildman–Crippen MR) is 110 cm³/mol. The number of hydrogen-bond acceptors (Lipinski definition) is 3. The molecular weight excluding hydrogens is 368 g/mol. The molecule has 0 saturated carbocycles. The Bertz CT molecular complexity index is 1110. The van der Waals surface area contributed by atoms with Crippen molar-refractivity contribution in [1.82, 2.24) is 14.7 Å². The van der Waals surface area contributed by atoms with Gasteiger partial charge in [0.2, 0.25) is 0 Å². The van der Waals surface area contributed by atoms with E-state index in [1.165, 1.54) is 28.1 Å². The van der Waals surface area contributed by atoms with E-state index in [0.717, 1.165) is 48.6 Å². The lowest BCUT2D eigenvalue weighted by atomic mass is 9.91. The minimum atomic E-state index is 0.481. The Kier molecular flexibility index (Phi) is 4.23. The van der Waals surface area contributed by atoms with E-state index in [1.807, 2.05) is 41.1 Å². The van der Waals surface area contributed by atoms with Gasteiger partial charge in [-0.1, -0.05) is 35.9 Å². The van der Waals surface area contributed by atoms with E-state index < -0.39 is 0 Å². The van der Waals surface area contributed by atoms with Crippen molar-refractivity contribution >= 4 is 11.6 Å². The summed E-state index contributed by atoms with van der Waals surface area (Å²) < 4.78 is 2.00. The summed E-state index contributed by atoms with van der Waals surface area (Å²) in [4.78, 5) is 2.53. The topological polar surface area (TPSA) is 44.9 Å². The highest BCUT2D eigenvalue weighted by Crippen LogP contribution is 2.34. The normalized spacial score (nSPS) is 18.5. The van der Waals surface area contributed by atoms with Gasteiger partial charge in [-0.2, -0.15) is 10.4 Å². The second kappa shape index (κ2) is 6.77. The molecule has 0 bridgehead atoms. The smallest absolute Gasteiger partial charge is 0.0995 e. The third kappa shape index (κ3) is 2.74. The van der Waals surface area contributed by atoms with Gasteiger partial charge in [0.1, 0.15) is 0 Å². The molecule has 0 radical (unpaired) electrons. The van der Waals surface area contributed by atoms with Crippen LogP contribution in [0.4, 0.5) is 0 Å². The van der Waals surface area contributed by atoms with Crippen molar-refractivity contribution in [2.45, 2.75) is 45.3 Å². The van der Waals surface area contributed by atoms with Crippen LogP contribution in [-0.4, -0.2) is 20.7 Å². The molecule has 28 heavy (non-hydrogen) atoms. The largest absolute Gasteiger partial charge is 0.291 e. The van der Waals surface area contributed by atoms with E-state index in [2.05, 4.69) is 24.0 Å². The first-order valence-corrected chi connectivity index (χ1v) is 10.1. The van der Waals surface area contributed by atoms with Crippen molar-refractivity contribution in [2.75, 3.05) is 0 Å². The molecule has 1 aromatic heterocycles. The highest BCUT2D eigenvalue weighted by atomic mass is 35.5. The maximum Gasteiger partial charge on any atom is 0.0995 e. The molecule has 1 aliphatic carbocycles. The first-order valence-electron chi connectivity index (χ1n) is 9.73. The Morgan fingerprint density at radius 3 is 2.79 bits per heavy atom. The zero-order valence-corrected chi connectivity index (χ0v) is 16.6. The average Bonchev–Trinajstić information content (AvgIpc) is 3.29.